The quantitative estimate of drug-likeness (QED) is 0.842. The monoisotopic (exact) mass is 347 g/mol. The summed E-state index contributed by atoms with van der Waals surface area (Å²) in [6, 6.07) is 1.71. The van der Waals surface area contributed by atoms with Crippen LogP contribution in [0.4, 0.5) is 10.6 Å². The molecule has 3 rings (SSSR count). The zero-order valence-electron chi connectivity index (χ0n) is 15.2. The number of nitrogens with zero attached hydrogens (tertiary/aromatic N) is 2. The number of nitrogens with one attached hydrogen (secondary N) is 1. The van der Waals surface area contributed by atoms with Gasteiger partial charge in [0.2, 0.25) is 0 Å². The van der Waals surface area contributed by atoms with E-state index in [0.717, 1.165) is 18.4 Å². The van der Waals surface area contributed by atoms with Gasteiger partial charge in [-0.2, -0.15) is 5.10 Å². The second kappa shape index (κ2) is 6.28. The number of hydrogen-bond donors (Lipinski definition) is 1. The second-order valence-electron chi connectivity index (χ2n) is 7.92. The minimum atomic E-state index is -0.677. The van der Waals surface area contributed by atoms with E-state index >= 15 is 0 Å². The van der Waals surface area contributed by atoms with Gasteiger partial charge in [0.1, 0.15) is 5.60 Å². The molecule has 2 atom stereocenters. The summed E-state index contributed by atoms with van der Waals surface area (Å²) < 4.78 is 10.6. The molecule has 1 aromatic rings. The largest absolute Gasteiger partial charge is 0.465 e. The number of rotatable bonds is 4. The van der Waals surface area contributed by atoms with Gasteiger partial charge in [-0.15, -0.1) is 5.10 Å². The molecule has 0 aromatic carbocycles. The Bertz CT molecular complexity index is 673. The van der Waals surface area contributed by atoms with Gasteiger partial charge in [0.05, 0.1) is 18.2 Å². The Morgan fingerprint density at radius 1 is 1.32 bits per heavy atom. The number of aromatic nitrogens is 2. The average Bonchev–Trinajstić information content (AvgIpc) is 3.12. The smallest absolute Gasteiger partial charge is 0.413 e. The lowest BCUT2D eigenvalue weighted by Crippen LogP contribution is -2.36. The first kappa shape index (κ1) is 17.6. The van der Waals surface area contributed by atoms with E-state index in [4.69, 9.17) is 9.47 Å². The van der Waals surface area contributed by atoms with Crippen molar-refractivity contribution < 1.29 is 19.1 Å². The van der Waals surface area contributed by atoms with Crippen molar-refractivity contribution in [2.75, 3.05) is 11.9 Å². The maximum Gasteiger partial charge on any atom is 0.413 e. The maximum atomic E-state index is 12.7. The highest BCUT2D eigenvalue weighted by Gasteiger charge is 2.59. The highest BCUT2D eigenvalue weighted by molar-refractivity contribution is 5.86. The lowest BCUT2D eigenvalue weighted by molar-refractivity contribution is -0.150. The Morgan fingerprint density at radius 3 is 2.60 bits per heavy atom. The second-order valence-corrected chi connectivity index (χ2v) is 7.92. The first-order valence-electron chi connectivity index (χ1n) is 8.74. The summed E-state index contributed by atoms with van der Waals surface area (Å²) in [7, 11) is 0. The van der Waals surface area contributed by atoms with E-state index in [9.17, 15) is 9.59 Å². The zero-order chi connectivity index (χ0) is 18.2. The predicted molar refractivity (Wildman–Crippen MR) is 91.0 cm³/mol. The first-order chi connectivity index (χ1) is 11.7. The van der Waals surface area contributed by atoms with Crippen LogP contribution >= 0.6 is 0 Å². The highest BCUT2D eigenvalue weighted by Crippen LogP contribution is 2.61. The molecule has 0 aliphatic heterocycles. The molecule has 7 heteroatoms. The molecule has 2 fully saturated rings. The lowest BCUT2D eigenvalue weighted by atomic mass is 9.77. The zero-order valence-corrected chi connectivity index (χ0v) is 15.2. The van der Waals surface area contributed by atoms with Gasteiger partial charge in [-0.25, -0.2) is 4.79 Å². The molecule has 7 nitrogen and oxygen atoms in total. The van der Waals surface area contributed by atoms with Crippen LogP contribution in [-0.2, 0) is 19.7 Å². The molecular weight excluding hydrogens is 322 g/mol. The topological polar surface area (TPSA) is 90.4 Å². The third-order valence-electron chi connectivity index (χ3n) is 4.79. The molecule has 0 bridgehead atoms. The van der Waals surface area contributed by atoms with Gasteiger partial charge in [0, 0.05) is 0 Å². The molecule has 1 heterocycles. The summed E-state index contributed by atoms with van der Waals surface area (Å²) in [4.78, 5) is 24.6. The molecule has 2 aliphatic rings. The van der Waals surface area contributed by atoms with E-state index in [0.29, 0.717) is 18.4 Å². The van der Waals surface area contributed by atoms with Crippen LogP contribution in [0, 0.1) is 11.8 Å². The number of anilines is 1. The fourth-order valence-electron chi connectivity index (χ4n) is 3.68. The third-order valence-corrected chi connectivity index (χ3v) is 4.79. The number of hydrogen-bond acceptors (Lipinski definition) is 6. The third kappa shape index (κ3) is 3.75. The highest BCUT2D eigenvalue weighted by atomic mass is 16.6. The van der Waals surface area contributed by atoms with Gasteiger partial charge in [-0.3, -0.25) is 10.1 Å². The SMILES string of the molecule is CCOC(=O)C1(c2cnnc(NC(=O)OC(C)(C)C)c2)CC2CC2C1. The lowest BCUT2D eigenvalue weighted by Gasteiger charge is -2.28. The van der Waals surface area contributed by atoms with E-state index in [1.165, 1.54) is 6.42 Å². The summed E-state index contributed by atoms with van der Waals surface area (Å²) in [5, 5.41) is 10.5. The molecule has 1 amide bonds. The van der Waals surface area contributed by atoms with E-state index in [2.05, 4.69) is 15.5 Å². The van der Waals surface area contributed by atoms with Crippen molar-refractivity contribution in [2.45, 2.75) is 58.0 Å². The van der Waals surface area contributed by atoms with Crippen LogP contribution in [0.1, 0.15) is 52.5 Å². The molecule has 2 aliphatic carbocycles. The molecule has 2 saturated carbocycles. The van der Waals surface area contributed by atoms with E-state index < -0.39 is 17.1 Å². The van der Waals surface area contributed by atoms with E-state index in [-0.39, 0.29) is 11.8 Å². The molecule has 1 N–H and O–H groups in total. The Labute approximate surface area is 147 Å². The molecule has 136 valence electrons. The number of carbonyl (C=O) groups is 2. The first-order valence-corrected chi connectivity index (χ1v) is 8.74. The number of fused-ring (bicyclic) bond motifs is 1. The van der Waals surface area contributed by atoms with Gasteiger partial charge in [-0.1, -0.05) is 0 Å². The molecule has 0 saturated heterocycles. The molecular formula is C18H25N3O4. The van der Waals surface area contributed by atoms with Crippen LogP contribution in [0.2, 0.25) is 0 Å². The average molecular weight is 347 g/mol. The molecule has 0 radical (unpaired) electrons. The Hall–Kier alpha value is -2.18. The Balaban J connectivity index is 1.81. The van der Waals surface area contributed by atoms with E-state index in [1.54, 1.807) is 33.0 Å². The van der Waals surface area contributed by atoms with Gasteiger partial charge < -0.3 is 9.47 Å². The van der Waals surface area contributed by atoms with Crippen LogP contribution in [0.3, 0.4) is 0 Å². The van der Waals surface area contributed by atoms with Gasteiger partial charge >= 0.3 is 12.1 Å². The summed E-state index contributed by atoms with van der Waals surface area (Å²) >= 11 is 0. The van der Waals surface area contributed by atoms with Crippen LogP contribution in [0.25, 0.3) is 0 Å². The molecule has 25 heavy (non-hydrogen) atoms. The van der Waals surface area contributed by atoms with Crippen molar-refractivity contribution >= 4 is 17.9 Å². The molecule has 1 aromatic heterocycles. The van der Waals surface area contributed by atoms with Crippen molar-refractivity contribution in [3.05, 3.63) is 17.8 Å². The van der Waals surface area contributed by atoms with E-state index in [1.807, 2.05) is 6.92 Å². The normalized spacial score (nSPS) is 27.4. The van der Waals surface area contributed by atoms with Crippen molar-refractivity contribution in [1.82, 2.24) is 10.2 Å². The minimum absolute atomic E-state index is 0.210. The summed E-state index contributed by atoms with van der Waals surface area (Å²) in [6.45, 7) is 7.51. The number of carbonyl (C=O) groups excluding carboxylic acids is 2. The fourth-order valence-corrected chi connectivity index (χ4v) is 3.68. The Kier molecular flexibility index (Phi) is 4.43. The Morgan fingerprint density at radius 2 is 2.00 bits per heavy atom. The van der Waals surface area contributed by atoms with Crippen LogP contribution in [0.5, 0.6) is 0 Å². The summed E-state index contributed by atoms with van der Waals surface area (Å²) in [5.41, 5.74) is -0.531. The van der Waals surface area contributed by atoms with Crippen molar-refractivity contribution in [2.24, 2.45) is 11.8 Å². The van der Waals surface area contributed by atoms with Crippen molar-refractivity contribution in [3.63, 3.8) is 0 Å². The number of ether oxygens (including phenoxy) is 2. The van der Waals surface area contributed by atoms with Crippen molar-refractivity contribution in [3.8, 4) is 0 Å². The molecule has 0 spiro atoms. The predicted octanol–water partition coefficient (Wildman–Crippen LogP) is 3.05. The van der Waals surface area contributed by atoms with Crippen molar-refractivity contribution in [1.29, 1.82) is 0 Å². The standard InChI is InChI=1S/C18H25N3O4/c1-5-24-15(22)18(8-11-6-12(11)9-18)13-7-14(21-19-10-13)20-16(23)25-17(2,3)4/h7,10-12H,5-6,8-9H2,1-4H3,(H,20,21,23). The number of amides is 1. The van der Waals surface area contributed by atoms with Gasteiger partial charge in [-0.05, 0) is 70.4 Å². The summed E-state index contributed by atoms with van der Waals surface area (Å²) in [5.74, 6) is 1.23. The van der Waals surface area contributed by atoms with Gasteiger partial charge in [0.15, 0.2) is 5.82 Å². The van der Waals surface area contributed by atoms with Crippen LogP contribution in [-0.4, -0.2) is 34.5 Å². The van der Waals surface area contributed by atoms with Gasteiger partial charge in [0.25, 0.3) is 0 Å². The summed E-state index contributed by atoms with van der Waals surface area (Å²) in [6.07, 6.45) is 3.73. The van der Waals surface area contributed by atoms with Crippen LogP contribution in [0.15, 0.2) is 12.3 Å². The number of esters is 1. The van der Waals surface area contributed by atoms with Crippen LogP contribution < -0.4 is 5.32 Å². The fraction of sp³-hybridized carbons (Fsp3) is 0.667. The molecule has 2 unspecified atom stereocenters. The maximum absolute atomic E-state index is 12.7. The minimum Gasteiger partial charge on any atom is -0.465 e.